The van der Waals surface area contributed by atoms with Gasteiger partial charge in [0.1, 0.15) is 41.3 Å². The average Bonchev–Trinajstić information content (AvgIpc) is 3.26. The molecule has 1 unspecified atom stereocenters. The Hall–Kier alpha value is -6.52. The van der Waals surface area contributed by atoms with Crippen molar-refractivity contribution in [2.75, 3.05) is 6.61 Å². The topological polar surface area (TPSA) is 327 Å². The summed E-state index contributed by atoms with van der Waals surface area (Å²) >= 11 is 0. The number of aliphatic hydroxyl groups is 4. The van der Waals surface area contributed by atoms with Crippen molar-refractivity contribution in [1.82, 2.24) is 15.3 Å². The van der Waals surface area contributed by atoms with Gasteiger partial charge in [-0.25, -0.2) is 24.0 Å². The molecule has 4 aliphatic rings. The van der Waals surface area contributed by atoms with Gasteiger partial charge in [0, 0.05) is 31.2 Å². The highest BCUT2D eigenvalue weighted by atomic mass is 16.6. The summed E-state index contributed by atoms with van der Waals surface area (Å²) in [5.74, 6) is -6.70. The lowest BCUT2D eigenvalue weighted by molar-refractivity contribution is -0.346. The number of fused-ring (bicyclic) bond motifs is 5. The highest BCUT2D eigenvalue weighted by molar-refractivity contribution is 5.94. The number of nitrogens with one attached hydrogen (secondary N) is 3. The number of benzene rings is 2. The van der Waals surface area contributed by atoms with Crippen molar-refractivity contribution in [2.45, 2.75) is 128 Å². The summed E-state index contributed by atoms with van der Waals surface area (Å²) in [5, 5.41) is 59.9. The van der Waals surface area contributed by atoms with Crippen molar-refractivity contribution in [2.24, 2.45) is 16.7 Å². The number of H-pyrrole nitrogens is 2. The first-order valence-electron chi connectivity index (χ1n) is 22.0. The summed E-state index contributed by atoms with van der Waals surface area (Å²) in [6, 6.07) is 15.4. The number of aliphatic hydroxyl groups excluding tert-OH is 3. The van der Waals surface area contributed by atoms with Gasteiger partial charge >= 0.3 is 35.7 Å². The molecule has 3 aromatic rings. The Morgan fingerprint density at radius 1 is 0.913 bits per heavy atom. The van der Waals surface area contributed by atoms with Gasteiger partial charge in [0.25, 0.3) is 5.56 Å². The van der Waals surface area contributed by atoms with Gasteiger partial charge in [-0.3, -0.25) is 19.4 Å². The van der Waals surface area contributed by atoms with Gasteiger partial charge in [-0.15, -0.1) is 0 Å². The second kappa shape index (κ2) is 19.1. The minimum atomic E-state index is -2.35. The molecule has 7 rings (SSSR count). The summed E-state index contributed by atoms with van der Waals surface area (Å²) in [6.45, 7) is 11.8. The van der Waals surface area contributed by atoms with Crippen molar-refractivity contribution < 1.29 is 78.0 Å². The standard InChI is InChI=1S/C43H53NO14.C5H4N2O4/c1-22-26(55-37(51)32(48)30(24-15-11-9-12-16-24)44-38(52)58-39(3,4)5)20-43(53)35(56-36(50)25-17-13-10-14-18-25)33-41(8,34(49)31(47)29(22)40(43,6)7)27(46)19-28-42(33,21-54-28)57-23(2)45;8-3-1-2(4(9)10)6-5(11)7-3/h9-18,26-28,30-33,35,46-48,53H,19-21H2,1-8H3,(H,44,52);1H,(H,9,10)(H2,6,7,8,11)/t26-,27-,28+,30-,31+,32?,33-,35-,41+,42-,43+;/m0./s1. The summed E-state index contributed by atoms with van der Waals surface area (Å²) in [7, 11) is 0. The third-order valence-electron chi connectivity index (χ3n) is 13.6. The van der Waals surface area contributed by atoms with E-state index in [4.69, 9.17) is 28.8 Å². The van der Waals surface area contributed by atoms with E-state index in [0.717, 1.165) is 13.0 Å². The molecule has 8 N–H and O–H groups in total. The number of rotatable bonds is 9. The normalized spacial score (nSPS) is 29.8. The molecule has 1 amide bonds. The smallest absolute Gasteiger partial charge is 0.408 e. The monoisotopic (exact) mass is 963 g/mol. The summed E-state index contributed by atoms with van der Waals surface area (Å²) in [6.07, 6.45) is -11.5. The van der Waals surface area contributed by atoms with Crippen LogP contribution < -0.4 is 16.6 Å². The average molecular weight is 964 g/mol. The zero-order valence-corrected chi connectivity index (χ0v) is 39.1. The van der Waals surface area contributed by atoms with Crippen molar-refractivity contribution in [3.05, 3.63) is 116 Å². The predicted molar refractivity (Wildman–Crippen MR) is 238 cm³/mol. The minimum Gasteiger partial charge on any atom is -0.477 e. The lowest BCUT2D eigenvalue weighted by Crippen LogP contribution is -2.81. The van der Waals surface area contributed by atoms with Crippen LogP contribution in [0.5, 0.6) is 0 Å². The quantitative estimate of drug-likeness (QED) is 0.0864. The molecular formula is C48H57N3O18. The molecule has 372 valence electrons. The van der Waals surface area contributed by atoms with Crippen LogP contribution >= 0.6 is 0 Å². The Kier molecular flexibility index (Phi) is 14.4. The molecule has 21 nitrogen and oxygen atoms in total. The van der Waals surface area contributed by atoms with Gasteiger partial charge in [0.2, 0.25) is 0 Å². The Morgan fingerprint density at radius 3 is 2.06 bits per heavy atom. The number of amides is 1. The van der Waals surface area contributed by atoms with Gasteiger partial charge in [0.05, 0.1) is 35.6 Å². The van der Waals surface area contributed by atoms with Crippen molar-refractivity contribution >= 4 is 35.8 Å². The molecule has 21 heteroatoms. The number of alkyl carbamates (subject to hydrolysis) is 1. The van der Waals surface area contributed by atoms with Gasteiger partial charge < -0.3 is 59.5 Å². The van der Waals surface area contributed by atoms with E-state index in [1.807, 2.05) is 9.97 Å². The highest BCUT2D eigenvalue weighted by Crippen LogP contribution is 2.64. The molecule has 2 bridgehead atoms. The molecule has 2 heterocycles. The minimum absolute atomic E-state index is 0.0637. The second-order valence-electron chi connectivity index (χ2n) is 19.4. The third kappa shape index (κ3) is 9.73. The van der Waals surface area contributed by atoms with Gasteiger partial charge in [-0.1, -0.05) is 62.4 Å². The Morgan fingerprint density at radius 2 is 1.52 bits per heavy atom. The predicted octanol–water partition coefficient (Wildman–Crippen LogP) is 2.02. The molecule has 1 saturated heterocycles. The first kappa shape index (κ1) is 51.9. The van der Waals surface area contributed by atoms with E-state index in [-0.39, 0.29) is 29.7 Å². The van der Waals surface area contributed by atoms with Crippen molar-refractivity contribution in [3.8, 4) is 0 Å². The molecule has 2 aromatic carbocycles. The number of aromatic nitrogens is 2. The molecular weight excluding hydrogens is 907 g/mol. The van der Waals surface area contributed by atoms with Gasteiger partial charge in [-0.2, -0.15) is 0 Å². The number of hydrogen-bond donors (Lipinski definition) is 8. The fraction of sp³-hybridized carbons (Fsp3) is 0.500. The Balaban J connectivity index is 0.000000626. The number of ketones is 1. The van der Waals surface area contributed by atoms with Crippen LogP contribution in [-0.2, 0) is 38.1 Å². The van der Waals surface area contributed by atoms with E-state index in [1.165, 1.54) is 26.0 Å². The molecule has 69 heavy (non-hydrogen) atoms. The highest BCUT2D eigenvalue weighted by Gasteiger charge is 2.78. The fourth-order valence-corrected chi connectivity index (χ4v) is 10.1. The van der Waals surface area contributed by atoms with Crippen molar-refractivity contribution in [1.29, 1.82) is 0 Å². The van der Waals surface area contributed by atoms with E-state index in [2.05, 4.69) is 5.32 Å². The molecule has 1 aliphatic heterocycles. The largest absolute Gasteiger partial charge is 0.477 e. The van der Waals surface area contributed by atoms with E-state index < -0.39 is 135 Å². The fourth-order valence-electron chi connectivity index (χ4n) is 10.1. The van der Waals surface area contributed by atoms with Crippen LogP contribution in [0.1, 0.15) is 101 Å². The second-order valence-corrected chi connectivity index (χ2v) is 19.4. The van der Waals surface area contributed by atoms with E-state index in [9.17, 15) is 58.8 Å². The van der Waals surface area contributed by atoms with Crippen LogP contribution in [0.25, 0.3) is 0 Å². The maximum Gasteiger partial charge on any atom is 0.408 e. The summed E-state index contributed by atoms with van der Waals surface area (Å²) < 4.78 is 29.5. The number of carbonyl (C=O) groups is 6. The Labute approximate surface area is 394 Å². The van der Waals surface area contributed by atoms with Crippen LogP contribution in [0.15, 0.2) is 87.5 Å². The summed E-state index contributed by atoms with van der Waals surface area (Å²) in [5.41, 5.74) is -10.1. The zero-order valence-electron chi connectivity index (χ0n) is 39.1. The number of carboxylic acids is 1. The number of ether oxygens (including phenoxy) is 5. The van der Waals surface area contributed by atoms with Crippen LogP contribution in [0.2, 0.25) is 0 Å². The number of carbonyl (C=O) groups excluding carboxylic acids is 5. The maximum atomic E-state index is 14.9. The number of carboxylic acid groups (broad SMARTS) is 1. The van der Waals surface area contributed by atoms with Gasteiger partial charge in [0.15, 0.2) is 17.5 Å². The summed E-state index contributed by atoms with van der Waals surface area (Å²) in [4.78, 5) is 104. The molecule has 2 saturated carbocycles. The molecule has 3 fully saturated rings. The molecule has 0 radical (unpaired) electrons. The Bertz CT molecular complexity index is 2610. The zero-order chi connectivity index (χ0) is 51.2. The first-order chi connectivity index (χ1) is 32.1. The SMILES string of the molecule is CC(=O)O[C@@]12CO[C@@H]1C[C@H](O)[C@@]1(C)C(=O)[C@H](O)C3=C(C)[C@@H](OC(=O)C(O)[C@@H](NC(=O)OC(C)(C)C)c4ccccc4)C[C@@](O)([C@@H](OC(=O)c4ccccc4)[C@H]21)C3(C)C.O=C(O)c1cc(=O)[nH]c(=O)[nH]1. The number of Topliss-reactive ketones (excluding diaryl/α,β-unsaturated/α-hetero) is 1. The van der Waals surface area contributed by atoms with Gasteiger partial charge in [-0.05, 0) is 63.5 Å². The lowest BCUT2D eigenvalue weighted by atomic mass is 9.44. The van der Waals surface area contributed by atoms with Crippen LogP contribution in [0, 0.1) is 16.7 Å². The van der Waals surface area contributed by atoms with E-state index in [1.54, 1.807) is 83.1 Å². The number of esters is 3. The molecule has 0 spiro atoms. The van der Waals surface area contributed by atoms with Crippen LogP contribution in [-0.4, -0.2) is 131 Å². The van der Waals surface area contributed by atoms with Crippen LogP contribution in [0.3, 0.4) is 0 Å². The number of hydrogen-bond acceptors (Lipinski definition) is 17. The van der Waals surface area contributed by atoms with Crippen LogP contribution in [0.4, 0.5) is 4.79 Å². The molecule has 11 atom stereocenters. The maximum absolute atomic E-state index is 14.9. The molecule has 1 aromatic heterocycles. The van der Waals surface area contributed by atoms with E-state index in [0.29, 0.717) is 5.56 Å². The van der Waals surface area contributed by atoms with Crippen molar-refractivity contribution in [3.63, 3.8) is 0 Å². The first-order valence-corrected chi connectivity index (χ1v) is 22.0. The molecule has 3 aliphatic carbocycles. The number of aromatic carboxylic acids is 1. The number of aromatic amines is 2. The third-order valence-corrected chi connectivity index (χ3v) is 13.6. The van der Waals surface area contributed by atoms with E-state index >= 15 is 0 Å². The lowest BCUT2D eigenvalue weighted by Gasteiger charge is -2.67.